The molecular formula is C19H22FN3OS. The number of aromatic nitrogens is 1. The molecule has 1 aromatic carbocycles. The van der Waals surface area contributed by atoms with Crippen molar-refractivity contribution in [3.05, 3.63) is 51.7 Å². The fourth-order valence-corrected chi connectivity index (χ4v) is 4.65. The molecule has 0 aliphatic carbocycles. The number of rotatable bonds is 3. The second kappa shape index (κ2) is 6.84. The number of likely N-dealkylation sites (tertiary alicyclic amines) is 1. The summed E-state index contributed by atoms with van der Waals surface area (Å²) in [6.07, 6.45) is 3.79. The molecule has 0 atom stereocenters. The molecule has 4 rings (SSSR count). The summed E-state index contributed by atoms with van der Waals surface area (Å²) >= 11 is 1.43. The van der Waals surface area contributed by atoms with Gasteiger partial charge in [0.2, 0.25) is 0 Å². The van der Waals surface area contributed by atoms with Crippen LogP contribution in [0.5, 0.6) is 0 Å². The lowest BCUT2D eigenvalue weighted by atomic mass is 9.78. The molecule has 25 heavy (non-hydrogen) atoms. The fourth-order valence-electron chi connectivity index (χ4n) is 3.86. The number of hydrogen-bond donors (Lipinski definition) is 1. The van der Waals surface area contributed by atoms with E-state index in [1.165, 1.54) is 23.8 Å². The van der Waals surface area contributed by atoms with Gasteiger partial charge in [0.25, 0.3) is 5.91 Å². The van der Waals surface area contributed by atoms with Crippen molar-refractivity contribution in [1.29, 1.82) is 0 Å². The van der Waals surface area contributed by atoms with Gasteiger partial charge in [-0.15, -0.1) is 11.3 Å². The predicted octanol–water partition coefficient (Wildman–Crippen LogP) is 3.09. The zero-order valence-corrected chi connectivity index (χ0v) is 14.9. The summed E-state index contributed by atoms with van der Waals surface area (Å²) < 4.78 is 13.8. The quantitative estimate of drug-likeness (QED) is 0.916. The average Bonchev–Trinajstić information content (AvgIpc) is 3.27. The Morgan fingerprint density at radius 2 is 2.08 bits per heavy atom. The van der Waals surface area contributed by atoms with Crippen LogP contribution in [0.3, 0.4) is 0 Å². The number of thiazole rings is 1. The molecule has 1 N–H and O–H groups in total. The van der Waals surface area contributed by atoms with E-state index >= 15 is 0 Å². The number of benzene rings is 1. The number of nitrogens with zero attached hydrogens (tertiary/aromatic N) is 2. The van der Waals surface area contributed by atoms with Crippen LogP contribution in [0.1, 0.15) is 40.3 Å². The van der Waals surface area contributed by atoms with Gasteiger partial charge >= 0.3 is 0 Å². The largest absolute Gasteiger partial charge is 0.337 e. The van der Waals surface area contributed by atoms with Gasteiger partial charge in [-0.05, 0) is 42.9 Å². The van der Waals surface area contributed by atoms with Crippen LogP contribution in [0.15, 0.2) is 29.6 Å². The molecule has 132 valence electrons. The first kappa shape index (κ1) is 16.7. The maximum absolute atomic E-state index is 13.8. The van der Waals surface area contributed by atoms with E-state index in [-0.39, 0.29) is 11.7 Å². The van der Waals surface area contributed by atoms with Crippen molar-refractivity contribution in [3.8, 4) is 0 Å². The highest BCUT2D eigenvalue weighted by Gasteiger charge is 2.38. The zero-order chi connectivity index (χ0) is 17.3. The van der Waals surface area contributed by atoms with Crippen LogP contribution < -0.4 is 5.32 Å². The fraction of sp³-hybridized carbons (Fsp3) is 0.474. The summed E-state index contributed by atoms with van der Waals surface area (Å²) in [5.41, 5.74) is 1.51. The van der Waals surface area contributed by atoms with E-state index in [2.05, 4.69) is 10.3 Å². The number of halogens is 1. The molecule has 4 nitrogen and oxygen atoms in total. The third-order valence-corrected chi connectivity index (χ3v) is 6.36. The van der Waals surface area contributed by atoms with Gasteiger partial charge in [-0.1, -0.05) is 18.2 Å². The molecule has 6 heteroatoms. The third kappa shape index (κ3) is 3.46. The Labute approximate surface area is 151 Å². The Morgan fingerprint density at radius 3 is 2.80 bits per heavy atom. The Morgan fingerprint density at radius 1 is 1.28 bits per heavy atom. The molecule has 2 fully saturated rings. The first-order valence-electron chi connectivity index (χ1n) is 8.83. The number of nitrogens with one attached hydrogen (secondary N) is 1. The monoisotopic (exact) mass is 359 g/mol. The summed E-state index contributed by atoms with van der Waals surface area (Å²) in [5.74, 6) is -0.214. The smallest absolute Gasteiger partial charge is 0.273 e. The molecule has 1 aromatic heterocycles. The number of carbonyl (C=O) groups is 1. The number of carbonyl (C=O) groups excluding carboxylic acids is 1. The summed E-state index contributed by atoms with van der Waals surface area (Å²) in [4.78, 5) is 19.1. The van der Waals surface area contributed by atoms with E-state index in [4.69, 9.17) is 0 Å². The number of hydrogen-bond acceptors (Lipinski definition) is 4. The third-order valence-electron chi connectivity index (χ3n) is 5.51. The molecule has 2 aliphatic heterocycles. The van der Waals surface area contributed by atoms with E-state index in [1.54, 1.807) is 17.5 Å². The molecule has 0 bridgehead atoms. The summed E-state index contributed by atoms with van der Waals surface area (Å²) in [5, 5.41) is 6.03. The standard InChI is InChI=1S/C19H22FN3OS/c20-15-4-2-1-3-14(15)11-17-22-16(12-25-17)18(24)23-9-6-19(7-10-23)5-8-21-13-19/h1-4,12,21H,5-11,13H2. The van der Waals surface area contributed by atoms with Gasteiger partial charge in [0.1, 0.15) is 11.5 Å². The Hall–Kier alpha value is -1.79. The Balaban J connectivity index is 1.40. The predicted molar refractivity (Wildman–Crippen MR) is 96.4 cm³/mol. The minimum atomic E-state index is -0.225. The molecule has 0 saturated carbocycles. The highest BCUT2D eigenvalue weighted by molar-refractivity contribution is 7.09. The minimum absolute atomic E-state index is 0.0110. The Bertz CT molecular complexity index is 760. The average molecular weight is 359 g/mol. The van der Waals surface area contributed by atoms with Gasteiger partial charge in [0.05, 0.1) is 5.01 Å². The highest BCUT2D eigenvalue weighted by Crippen LogP contribution is 2.37. The van der Waals surface area contributed by atoms with Crippen molar-refractivity contribution in [2.45, 2.75) is 25.7 Å². The first-order valence-corrected chi connectivity index (χ1v) is 9.71. The number of piperidine rings is 1. The molecule has 0 unspecified atom stereocenters. The van der Waals surface area contributed by atoms with Crippen molar-refractivity contribution in [3.63, 3.8) is 0 Å². The Kier molecular flexibility index (Phi) is 4.56. The van der Waals surface area contributed by atoms with Gasteiger partial charge in [-0.2, -0.15) is 0 Å². The first-order chi connectivity index (χ1) is 12.2. The van der Waals surface area contributed by atoms with Crippen molar-refractivity contribution in [2.75, 3.05) is 26.2 Å². The van der Waals surface area contributed by atoms with Gasteiger partial charge in [-0.25, -0.2) is 9.37 Å². The molecule has 3 heterocycles. The van der Waals surface area contributed by atoms with E-state index in [9.17, 15) is 9.18 Å². The summed E-state index contributed by atoms with van der Waals surface area (Å²) in [6.45, 7) is 3.79. The van der Waals surface area contributed by atoms with Crippen molar-refractivity contribution in [2.24, 2.45) is 5.41 Å². The molecule has 1 spiro atoms. The minimum Gasteiger partial charge on any atom is -0.337 e. The topological polar surface area (TPSA) is 45.2 Å². The lowest BCUT2D eigenvalue weighted by Crippen LogP contribution is -2.44. The molecule has 1 amide bonds. The lowest BCUT2D eigenvalue weighted by molar-refractivity contribution is 0.0602. The van der Waals surface area contributed by atoms with Crippen LogP contribution in [-0.4, -0.2) is 42.0 Å². The second-order valence-electron chi connectivity index (χ2n) is 7.11. The summed E-state index contributed by atoms with van der Waals surface area (Å²) in [7, 11) is 0. The molecular weight excluding hydrogens is 337 g/mol. The van der Waals surface area contributed by atoms with E-state index in [1.807, 2.05) is 11.0 Å². The van der Waals surface area contributed by atoms with Crippen LogP contribution >= 0.6 is 11.3 Å². The van der Waals surface area contributed by atoms with Crippen LogP contribution in [0.25, 0.3) is 0 Å². The molecule has 2 aliphatic rings. The lowest BCUT2D eigenvalue weighted by Gasteiger charge is -2.38. The van der Waals surface area contributed by atoms with Crippen molar-refractivity contribution >= 4 is 17.2 Å². The van der Waals surface area contributed by atoms with Crippen LogP contribution in [0, 0.1) is 11.2 Å². The molecule has 0 radical (unpaired) electrons. The highest BCUT2D eigenvalue weighted by atomic mass is 32.1. The van der Waals surface area contributed by atoms with Crippen LogP contribution in [0.2, 0.25) is 0 Å². The number of amides is 1. The SMILES string of the molecule is O=C(c1csc(Cc2ccccc2F)n1)N1CCC2(CCNC2)CC1. The van der Waals surface area contributed by atoms with E-state index in [0.29, 0.717) is 23.1 Å². The van der Waals surface area contributed by atoms with Gasteiger partial charge in [-0.3, -0.25) is 4.79 Å². The molecule has 2 saturated heterocycles. The second-order valence-corrected chi connectivity index (χ2v) is 8.06. The summed E-state index contributed by atoms with van der Waals surface area (Å²) in [6, 6.07) is 6.71. The van der Waals surface area contributed by atoms with Crippen molar-refractivity contribution in [1.82, 2.24) is 15.2 Å². The van der Waals surface area contributed by atoms with Crippen molar-refractivity contribution < 1.29 is 9.18 Å². The van der Waals surface area contributed by atoms with Gasteiger partial charge in [0, 0.05) is 31.4 Å². The normalized spacial score (nSPS) is 19.5. The maximum atomic E-state index is 13.8. The van der Waals surface area contributed by atoms with Crippen LogP contribution in [-0.2, 0) is 6.42 Å². The van der Waals surface area contributed by atoms with Gasteiger partial charge in [0.15, 0.2) is 0 Å². The zero-order valence-electron chi connectivity index (χ0n) is 14.1. The maximum Gasteiger partial charge on any atom is 0.273 e. The van der Waals surface area contributed by atoms with Crippen LogP contribution in [0.4, 0.5) is 4.39 Å². The van der Waals surface area contributed by atoms with E-state index in [0.717, 1.165) is 44.0 Å². The van der Waals surface area contributed by atoms with Gasteiger partial charge < -0.3 is 10.2 Å². The van der Waals surface area contributed by atoms with E-state index < -0.39 is 0 Å². The molecule has 2 aromatic rings.